The zero-order valence-electron chi connectivity index (χ0n) is 8.06. The number of ether oxygens (including phenoxy) is 1. The number of H-pyrrole nitrogens is 1. The topological polar surface area (TPSA) is 58.2 Å². The van der Waals surface area contributed by atoms with Crippen LogP contribution in [0.4, 0.5) is 4.79 Å². The molecule has 0 aliphatic heterocycles. The van der Waals surface area contributed by atoms with E-state index in [0.717, 1.165) is 5.82 Å². The number of aromatic nitrogens is 2. The third kappa shape index (κ3) is 2.93. The van der Waals surface area contributed by atoms with Crippen molar-refractivity contribution in [2.75, 3.05) is 13.7 Å². The van der Waals surface area contributed by atoms with E-state index < -0.39 is 0 Å². The normalized spacial score (nSPS) is 9.50. The zero-order chi connectivity index (χ0) is 10.4. The van der Waals surface area contributed by atoms with Gasteiger partial charge in [-0.25, -0.2) is 9.78 Å². The molecule has 0 aliphatic carbocycles. The third-order valence-electron chi connectivity index (χ3n) is 1.58. The Labute approximate surface area is 82.4 Å². The molecule has 14 heavy (non-hydrogen) atoms. The highest BCUT2D eigenvalue weighted by atomic mass is 16.6. The fraction of sp³-hybridized carbons (Fsp3) is 0.333. The number of rotatable bonds is 4. The second-order valence-corrected chi connectivity index (χ2v) is 2.76. The Hall–Kier alpha value is -1.78. The van der Waals surface area contributed by atoms with Gasteiger partial charge in [0.25, 0.3) is 0 Å². The maximum atomic E-state index is 11.2. The lowest BCUT2D eigenvalue weighted by Crippen LogP contribution is -2.27. The summed E-state index contributed by atoms with van der Waals surface area (Å²) in [7, 11) is 1.65. The molecule has 1 rings (SSSR count). The number of carbonyl (C=O) groups excluding carboxylic acids is 1. The van der Waals surface area contributed by atoms with Crippen LogP contribution in [-0.4, -0.2) is 34.6 Å². The van der Waals surface area contributed by atoms with Gasteiger partial charge in [0.15, 0.2) is 0 Å². The second kappa shape index (κ2) is 5.06. The van der Waals surface area contributed by atoms with Crippen LogP contribution in [0.3, 0.4) is 0 Å². The van der Waals surface area contributed by atoms with Gasteiger partial charge in [-0.1, -0.05) is 12.7 Å². The van der Waals surface area contributed by atoms with Gasteiger partial charge in [0, 0.05) is 19.4 Å². The number of amides is 1. The number of hydrogen-bond acceptors (Lipinski definition) is 3. The Morgan fingerprint density at radius 2 is 2.64 bits per heavy atom. The van der Waals surface area contributed by atoms with E-state index in [4.69, 9.17) is 4.74 Å². The number of nitrogens with one attached hydrogen (secondary N) is 1. The molecule has 0 saturated carbocycles. The van der Waals surface area contributed by atoms with Gasteiger partial charge in [0.2, 0.25) is 0 Å². The smallest absolute Gasteiger partial charge is 0.410 e. The Bertz CT molecular complexity index is 295. The fourth-order valence-corrected chi connectivity index (χ4v) is 0.914. The first-order valence-electron chi connectivity index (χ1n) is 4.21. The molecular weight excluding hydrogens is 182 g/mol. The molecule has 1 aromatic heterocycles. The van der Waals surface area contributed by atoms with Crippen LogP contribution in [0.1, 0.15) is 5.82 Å². The molecule has 1 aromatic rings. The quantitative estimate of drug-likeness (QED) is 0.733. The molecule has 0 atom stereocenters. The standard InChI is InChI=1S/C9H13N3O2/c1-3-6-14-9(13)12(2)7-8-10-4-5-11-8/h3-5H,1,6-7H2,2H3,(H,10,11). The predicted molar refractivity (Wildman–Crippen MR) is 51.6 cm³/mol. The van der Waals surface area contributed by atoms with E-state index in [1.54, 1.807) is 19.4 Å². The van der Waals surface area contributed by atoms with Gasteiger partial charge in [-0.15, -0.1) is 0 Å². The minimum atomic E-state index is -0.388. The monoisotopic (exact) mass is 195 g/mol. The molecule has 5 heteroatoms. The second-order valence-electron chi connectivity index (χ2n) is 2.76. The molecule has 0 aromatic carbocycles. The zero-order valence-corrected chi connectivity index (χ0v) is 8.06. The molecule has 0 fully saturated rings. The molecule has 0 spiro atoms. The van der Waals surface area contributed by atoms with E-state index in [9.17, 15) is 4.79 Å². The minimum Gasteiger partial charge on any atom is -0.445 e. The SMILES string of the molecule is C=CCOC(=O)N(C)Cc1ncc[nH]1. The maximum Gasteiger partial charge on any atom is 0.410 e. The summed E-state index contributed by atoms with van der Waals surface area (Å²) in [6.07, 6.45) is 4.48. The molecule has 0 saturated heterocycles. The van der Waals surface area contributed by atoms with Crippen LogP contribution >= 0.6 is 0 Å². The van der Waals surface area contributed by atoms with Crippen LogP contribution in [-0.2, 0) is 11.3 Å². The summed E-state index contributed by atoms with van der Waals surface area (Å²) in [6, 6.07) is 0. The number of carbonyl (C=O) groups is 1. The molecule has 0 radical (unpaired) electrons. The van der Waals surface area contributed by atoms with Crippen molar-refractivity contribution in [3.05, 3.63) is 30.9 Å². The van der Waals surface area contributed by atoms with Gasteiger partial charge >= 0.3 is 6.09 Å². The van der Waals surface area contributed by atoms with Crippen LogP contribution < -0.4 is 0 Å². The van der Waals surface area contributed by atoms with Gasteiger partial charge in [-0.2, -0.15) is 0 Å². The molecule has 1 N–H and O–H groups in total. The van der Waals surface area contributed by atoms with Crippen molar-refractivity contribution in [3.63, 3.8) is 0 Å². The average molecular weight is 195 g/mol. The highest BCUT2D eigenvalue weighted by Gasteiger charge is 2.10. The molecule has 1 amide bonds. The lowest BCUT2D eigenvalue weighted by molar-refractivity contribution is 0.119. The van der Waals surface area contributed by atoms with Gasteiger partial charge in [-0.3, -0.25) is 0 Å². The summed E-state index contributed by atoms with van der Waals surface area (Å²) in [5, 5.41) is 0. The van der Waals surface area contributed by atoms with Crippen molar-refractivity contribution in [2.45, 2.75) is 6.54 Å². The molecule has 0 aliphatic rings. The number of imidazole rings is 1. The molecule has 5 nitrogen and oxygen atoms in total. The van der Waals surface area contributed by atoms with Gasteiger partial charge < -0.3 is 14.6 Å². The van der Waals surface area contributed by atoms with E-state index in [-0.39, 0.29) is 12.7 Å². The molecule has 1 heterocycles. The van der Waals surface area contributed by atoms with Crippen LogP contribution in [0.15, 0.2) is 25.0 Å². The van der Waals surface area contributed by atoms with Crippen molar-refractivity contribution < 1.29 is 9.53 Å². The summed E-state index contributed by atoms with van der Waals surface area (Å²) in [5.74, 6) is 0.725. The summed E-state index contributed by atoms with van der Waals surface area (Å²) in [6.45, 7) is 4.08. The maximum absolute atomic E-state index is 11.2. The van der Waals surface area contributed by atoms with Crippen LogP contribution in [0.25, 0.3) is 0 Å². The summed E-state index contributed by atoms with van der Waals surface area (Å²) >= 11 is 0. The van der Waals surface area contributed by atoms with Crippen molar-refractivity contribution in [2.24, 2.45) is 0 Å². The van der Waals surface area contributed by atoms with E-state index >= 15 is 0 Å². The lowest BCUT2D eigenvalue weighted by atomic mass is 10.5. The van der Waals surface area contributed by atoms with E-state index in [1.165, 1.54) is 11.0 Å². The first-order valence-corrected chi connectivity index (χ1v) is 4.21. The number of aromatic amines is 1. The molecular formula is C9H13N3O2. The Kier molecular flexibility index (Phi) is 3.72. The Morgan fingerprint density at radius 1 is 1.86 bits per heavy atom. The van der Waals surface area contributed by atoms with Crippen molar-refractivity contribution >= 4 is 6.09 Å². The van der Waals surface area contributed by atoms with Gasteiger partial charge in [0.1, 0.15) is 12.4 Å². The Morgan fingerprint density at radius 3 is 3.21 bits per heavy atom. The minimum absolute atomic E-state index is 0.224. The molecule has 0 bridgehead atoms. The molecule has 76 valence electrons. The highest BCUT2D eigenvalue weighted by molar-refractivity contribution is 5.67. The summed E-state index contributed by atoms with van der Waals surface area (Å²) in [5.41, 5.74) is 0. The average Bonchev–Trinajstić information content (AvgIpc) is 2.66. The van der Waals surface area contributed by atoms with Crippen LogP contribution in [0.5, 0.6) is 0 Å². The van der Waals surface area contributed by atoms with Crippen molar-refractivity contribution in [3.8, 4) is 0 Å². The lowest BCUT2D eigenvalue weighted by Gasteiger charge is -2.14. The molecule has 0 unspecified atom stereocenters. The van der Waals surface area contributed by atoms with Crippen molar-refractivity contribution in [1.29, 1.82) is 0 Å². The Balaban J connectivity index is 2.37. The van der Waals surface area contributed by atoms with Gasteiger partial charge in [-0.05, 0) is 0 Å². The number of nitrogens with zero attached hydrogens (tertiary/aromatic N) is 2. The van der Waals surface area contributed by atoms with Crippen LogP contribution in [0.2, 0.25) is 0 Å². The van der Waals surface area contributed by atoms with Gasteiger partial charge in [0.05, 0.1) is 6.54 Å². The summed E-state index contributed by atoms with van der Waals surface area (Å²) < 4.78 is 4.83. The van der Waals surface area contributed by atoms with Crippen molar-refractivity contribution in [1.82, 2.24) is 14.9 Å². The van der Waals surface area contributed by atoms with E-state index in [1.807, 2.05) is 0 Å². The largest absolute Gasteiger partial charge is 0.445 e. The van der Waals surface area contributed by atoms with E-state index in [2.05, 4.69) is 16.5 Å². The first kappa shape index (κ1) is 10.3. The highest BCUT2D eigenvalue weighted by Crippen LogP contribution is 1.97. The number of hydrogen-bond donors (Lipinski definition) is 1. The predicted octanol–water partition coefficient (Wildman–Crippen LogP) is 1.16. The fourth-order valence-electron chi connectivity index (χ4n) is 0.914. The first-order chi connectivity index (χ1) is 6.74. The van der Waals surface area contributed by atoms with Crippen LogP contribution in [0, 0.1) is 0 Å². The summed E-state index contributed by atoms with van der Waals surface area (Å²) in [4.78, 5) is 19.6. The van der Waals surface area contributed by atoms with E-state index in [0.29, 0.717) is 6.54 Å². The third-order valence-corrected chi connectivity index (χ3v) is 1.58.